The van der Waals surface area contributed by atoms with E-state index in [1.165, 1.54) is 29.5 Å². The molecule has 2 aromatic rings. The van der Waals surface area contributed by atoms with Gasteiger partial charge >= 0.3 is 0 Å². The van der Waals surface area contributed by atoms with Crippen LogP contribution in [0.1, 0.15) is 77.8 Å². The second-order valence-electron chi connectivity index (χ2n) is 9.66. The van der Waals surface area contributed by atoms with Gasteiger partial charge in [0.2, 0.25) is 0 Å². The lowest BCUT2D eigenvalue weighted by Crippen LogP contribution is -2.45. The van der Waals surface area contributed by atoms with Crippen LogP contribution in [-0.4, -0.2) is 19.0 Å². The number of amidine groups is 1. The SMILES string of the molecule is COC1CCC2(CC1)Cc1ccc(C3CC3)cc1C21N=C(N)c2ccc(C#N)cc21. The average molecular weight is 398 g/mol. The molecule has 4 aliphatic rings. The first kappa shape index (κ1) is 18.2. The van der Waals surface area contributed by atoms with Crippen molar-refractivity contribution in [2.75, 3.05) is 7.11 Å². The van der Waals surface area contributed by atoms with Crippen LogP contribution in [0.25, 0.3) is 0 Å². The number of fused-ring (bicyclic) bond motifs is 5. The van der Waals surface area contributed by atoms with Gasteiger partial charge < -0.3 is 10.5 Å². The van der Waals surface area contributed by atoms with Crippen molar-refractivity contribution in [2.24, 2.45) is 16.1 Å². The molecule has 4 heteroatoms. The highest BCUT2D eigenvalue weighted by molar-refractivity contribution is 6.03. The zero-order valence-electron chi connectivity index (χ0n) is 17.4. The van der Waals surface area contributed by atoms with Crippen LogP contribution >= 0.6 is 0 Å². The molecule has 2 spiro atoms. The van der Waals surface area contributed by atoms with E-state index in [1.54, 1.807) is 0 Å². The quantitative estimate of drug-likeness (QED) is 0.809. The minimum Gasteiger partial charge on any atom is -0.383 e. The van der Waals surface area contributed by atoms with Crippen LogP contribution in [0.2, 0.25) is 0 Å². The maximum atomic E-state index is 9.62. The van der Waals surface area contributed by atoms with Crippen LogP contribution in [0, 0.1) is 16.7 Å². The number of rotatable bonds is 2. The first-order valence-electron chi connectivity index (χ1n) is 11.2. The van der Waals surface area contributed by atoms with Gasteiger partial charge in [-0.1, -0.05) is 18.2 Å². The molecule has 4 nitrogen and oxygen atoms in total. The molecule has 6 rings (SSSR count). The van der Waals surface area contributed by atoms with E-state index in [0.717, 1.165) is 43.2 Å². The molecule has 30 heavy (non-hydrogen) atoms. The van der Waals surface area contributed by atoms with Gasteiger partial charge in [-0.15, -0.1) is 0 Å². The Balaban J connectivity index is 1.60. The summed E-state index contributed by atoms with van der Waals surface area (Å²) in [7, 11) is 1.82. The summed E-state index contributed by atoms with van der Waals surface area (Å²) in [6, 6.07) is 15.4. The molecular formula is C26H27N3O. The minimum atomic E-state index is -0.474. The predicted molar refractivity (Wildman–Crippen MR) is 116 cm³/mol. The fourth-order valence-corrected chi connectivity index (χ4v) is 6.50. The Kier molecular flexibility index (Phi) is 3.74. The summed E-state index contributed by atoms with van der Waals surface area (Å²) in [6.45, 7) is 0. The van der Waals surface area contributed by atoms with Gasteiger partial charge in [0, 0.05) is 18.1 Å². The molecular weight excluding hydrogens is 370 g/mol. The summed E-state index contributed by atoms with van der Waals surface area (Å²) >= 11 is 0. The molecule has 1 aliphatic heterocycles. The van der Waals surface area contributed by atoms with Crippen molar-refractivity contribution in [3.63, 3.8) is 0 Å². The van der Waals surface area contributed by atoms with Crippen molar-refractivity contribution < 1.29 is 4.74 Å². The Morgan fingerprint density at radius 3 is 2.57 bits per heavy atom. The second-order valence-corrected chi connectivity index (χ2v) is 9.66. The number of benzene rings is 2. The van der Waals surface area contributed by atoms with Gasteiger partial charge in [-0.05, 0) is 91.3 Å². The number of hydrogen-bond acceptors (Lipinski definition) is 4. The number of nitrogens with two attached hydrogens (primary N) is 1. The van der Waals surface area contributed by atoms with Crippen molar-refractivity contribution in [1.82, 2.24) is 0 Å². The van der Waals surface area contributed by atoms with Crippen LogP contribution in [0.15, 0.2) is 41.4 Å². The van der Waals surface area contributed by atoms with Gasteiger partial charge in [-0.25, -0.2) is 0 Å². The number of nitriles is 1. The van der Waals surface area contributed by atoms with Gasteiger partial charge in [0.15, 0.2) is 0 Å². The Labute approximate surface area is 177 Å². The number of ether oxygens (including phenoxy) is 1. The van der Waals surface area contributed by atoms with E-state index in [-0.39, 0.29) is 5.41 Å². The number of hydrogen-bond donors (Lipinski definition) is 1. The van der Waals surface area contributed by atoms with E-state index in [1.807, 2.05) is 19.2 Å². The van der Waals surface area contributed by atoms with Gasteiger partial charge in [0.1, 0.15) is 11.4 Å². The van der Waals surface area contributed by atoms with Crippen molar-refractivity contribution in [3.05, 3.63) is 69.8 Å². The highest BCUT2D eigenvalue weighted by atomic mass is 16.5. The van der Waals surface area contributed by atoms with Gasteiger partial charge in [-0.2, -0.15) is 5.26 Å². The lowest BCUT2D eigenvalue weighted by atomic mass is 9.59. The van der Waals surface area contributed by atoms with E-state index in [2.05, 4.69) is 30.3 Å². The molecule has 2 saturated carbocycles. The summed E-state index contributed by atoms with van der Waals surface area (Å²) in [6.07, 6.45) is 8.13. The van der Waals surface area contributed by atoms with Gasteiger partial charge in [0.05, 0.1) is 17.7 Å². The van der Waals surface area contributed by atoms with E-state index in [4.69, 9.17) is 15.5 Å². The summed E-state index contributed by atoms with van der Waals surface area (Å²) in [5.41, 5.74) is 13.1. The summed E-state index contributed by atoms with van der Waals surface area (Å²) in [5, 5.41) is 9.62. The van der Waals surface area contributed by atoms with E-state index < -0.39 is 5.54 Å². The van der Waals surface area contributed by atoms with Crippen LogP contribution in [0.3, 0.4) is 0 Å². The van der Waals surface area contributed by atoms with Crippen molar-refractivity contribution in [1.29, 1.82) is 5.26 Å². The maximum absolute atomic E-state index is 9.62. The third kappa shape index (κ3) is 2.27. The highest BCUT2D eigenvalue weighted by Crippen LogP contribution is 2.65. The van der Waals surface area contributed by atoms with Crippen LogP contribution in [0.4, 0.5) is 0 Å². The molecule has 0 radical (unpaired) electrons. The lowest BCUT2D eigenvalue weighted by molar-refractivity contribution is 0.00684. The van der Waals surface area contributed by atoms with E-state index in [0.29, 0.717) is 23.4 Å². The number of methoxy groups -OCH3 is 1. The molecule has 2 N–H and O–H groups in total. The summed E-state index contributed by atoms with van der Waals surface area (Å²) < 4.78 is 5.70. The van der Waals surface area contributed by atoms with Crippen LogP contribution in [-0.2, 0) is 16.7 Å². The molecule has 1 atom stereocenters. The summed E-state index contributed by atoms with van der Waals surface area (Å²) in [5.74, 6) is 1.31. The monoisotopic (exact) mass is 397 g/mol. The second kappa shape index (κ2) is 6.18. The molecule has 1 unspecified atom stereocenters. The maximum Gasteiger partial charge on any atom is 0.127 e. The zero-order valence-corrected chi connectivity index (χ0v) is 17.4. The normalized spacial score (nSPS) is 31.5. The predicted octanol–water partition coefficient (Wildman–Crippen LogP) is 4.53. The molecule has 2 aromatic carbocycles. The van der Waals surface area contributed by atoms with Crippen molar-refractivity contribution in [3.8, 4) is 6.07 Å². The molecule has 0 saturated heterocycles. The third-order valence-electron chi connectivity index (χ3n) is 8.19. The molecule has 2 fully saturated rings. The first-order valence-corrected chi connectivity index (χ1v) is 11.2. The molecule has 0 aromatic heterocycles. The first-order chi connectivity index (χ1) is 14.6. The molecule has 1 heterocycles. The number of aliphatic imine (C=N–C) groups is 1. The molecule has 3 aliphatic carbocycles. The Bertz CT molecular complexity index is 1120. The minimum absolute atomic E-state index is 0.00349. The fourth-order valence-electron chi connectivity index (χ4n) is 6.50. The number of nitrogens with zero attached hydrogens (tertiary/aromatic N) is 2. The van der Waals surface area contributed by atoms with Crippen LogP contribution < -0.4 is 5.73 Å². The topological polar surface area (TPSA) is 71.4 Å². The van der Waals surface area contributed by atoms with Gasteiger partial charge in [0.25, 0.3) is 0 Å². The Morgan fingerprint density at radius 2 is 1.87 bits per heavy atom. The lowest BCUT2D eigenvalue weighted by Gasteiger charge is -2.47. The standard InChI is InChI=1S/C26H27N3O/c1-30-20-8-10-25(11-9-20)14-19-6-5-18(17-3-4-17)13-22(19)26(25)23-12-16(15-27)2-7-21(23)24(28)29-26/h2,5-7,12-13,17,20H,3-4,8-11,14H2,1H3,(H2,28,29). The van der Waals surface area contributed by atoms with Gasteiger partial charge in [-0.3, -0.25) is 4.99 Å². The molecule has 152 valence electrons. The van der Waals surface area contributed by atoms with E-state index >= 15 is 0 Å². The Hall–Kier alpha value is -2.64. The van der Waals surface area contributed by atoms with E-state index in [9.17, 15) is 5.26 Å². The average Bonchev–Trinajstić information content (AvgIpc) is 3.54. The fraction of sp³-hybridized carbons (Fsp3) is 0.462. The largest absolute Gasteiger partial charge is 0.383 e. The van der Waals surface area contributed by atoms with Crippen LogP contribution in [0.5, 0.6) is 0 Å². The zero-order chi connectivity index (χ0) is 20.5. The Morgan fingerprint density at radius 1 is 1.07 bits per heavy atom. The molecule has 0 amide bonds. The van der Waals surface area contributed by atoms with Crippen molar-refractivity contribution >= 4 is 5.84 Å². The highest BCUT2D eigenvalue weighted by Gasteiger charge is 2.62. The van der Waals surface area contributed by atoms with Crippen molar-refractivity contribution in [2.45, 2.75) is 62.5 Å². The third-order valence-corrected chi connectivity index (χ3v) is 8.19. The smallest absolute Gasteiger partial charge is 0.127 e. The molecule has 0 bridgehead atoms. The summed E-state index contributed by atoms with van der Waals surface area (Å²) in [4.78, 5) is 5.30.